The average molecular weight is 178 g/mol. The first kappa shape index (κ1) is 8.35. The quantitative estimate of drug-likeness (QED) is 0.568. The highest BCUT2D eigenvalue weighted by Gasteiger charge is 2.28. The zero-order valence-electron chi connectivity index (χ0n) is 7.79. The number of hydrogen-bond donors (Lipinski definition) is 1. The van der Waals surface area contributed by atoms with Gasteiger partial charge in [0.2, 0.25) is 0 Å². The number of rotatable bonds is 3. The molecule has 1 aliphatic rings. The second-order valence-electron chi connectivity index (χ2n) is 3.59. The molecule has 1 N–H and O–H groups in total. The molecule has 2 rings (SSSR count). The Morgan fingerprint density at radius 2 is 2.46 bits per heavy atom. The van der Waals surface area contributed by atoms with Gasteiger partial charge >= 0.3 is 0 Å². The van der Waals surface area contributed by atoms with Crippen LogP contribution in [0.1, 0.15) is 18.6 Å². The molecule has 1 aliphatic carbocycles. The Morgan fingerprint density at radius 3 is 3.00 bits per heavy atom. The molecular weight excluding hydrogens is 164 g/mol. The Bertz CT molecular complexity index is 288. The van der Waals surface area contributed by atoms with Crippen LogP contribution in [0.25, 0.3) is 0 Å². The maximum Gasteiger partial charge on any atom is 0.123 e. The number of nitrogens with zero attached hydrogens (tertiary/aromatic N) is 1. The van der Waals surface area contributed by atoms with Gasteiger partial charge in [-0.3, -0.25) is 5.41 Å². The number of amidine groups is 1. The lowest BCUT2D eigenvalue weighted by Gasteiger charge is -2.17. The monoisotopic (exact) mass is 178 g/mol. The Kier molecular flexibility index (Phi) is 2.08. The van der Waals surface area contributed by atoms with Crippen molar-refractivity contribution in [1.29, 1.82) is 5.41 Å². The van der Waals surface area contributed by atoms with Gasteiger partial charge in [-0.15, -0.1) is 0 Å². The van der Waals surface area contributed by atoms with E-state index in [0.717, 1.165) is 11.6 Å². The maximum absolute atomic E-state index is 7.80. The maximum atomic E-state index is 7.80. The molecule has 0 unspecified atom stereocenters. The van der Waals surface area contributed by atoms with Crippen LogP contribution in [0.3, 0.4) is 0 Å². The first-order valence-corrected chi connectivity index (χ1v) is 4.59. The molecule has 3 nitrogen and oxygen atoms in total. The van der Waals surface area contributed by atoms with E-state index in [0.29, 0.717) is 12.5 Å². The Morgan fingerprint density at radius 1 is 1.69 bits per heavy atom. The van der Waals surface area contributed by atoms with Gasteiger partial charge < -0.3 is 9.32 Å². The van der Waals surface area contributed by atoms with E-state index >= 15 is 0 Å². The van der Waals surface area contributed by atoms with Crippen LogP contribution in [0.2, 0.25) is 0 Å². The molecule has 3 heteroatoms. The highest BCUT2D eigenvalue weighted by Crippen LogP contribution is 2.31. The predicted octanol–water partition coefficient (Wildman–Crippen LogP) is 2.10. The Balaban J connectivity index is 1.90. The summed E-state index contributed by atoms with van der Waals surface area (Å²) in [7, 11) is 1.95. The van der Waals surface area contributed by atoms with Crippen LogP contribution in [0.5, 0.6) is 0 Å². The lowest BCUT2D eigenvalue weighted by molar-refractivity contribution is 0.402. The normalized spacial score (nSPS) is 15.8. The van der Waals surface area contributed by atoms with Gasteiger partial charge in [0.15, 0.2) is 0 Å². The predicted molar refractivity (Wildman–Crippen MR) is 50.6 cm³/mol. The van der Waals surface area contributed by atoms with Gasteiger partial charge in [-0.2, -0.15) is 0 Å². The third kappa shape index (κ3) is 1.91. The van der Waals surface area contributed by atoms with Crippen LogP contribution in [0.15, 0.2) is 22.8 Å². The minimum Gasteiger partial charge on any atom is -0.467 e. The second-order valence-corrected chi connectivity index (χ2v) is 3.59. The van der Waals surface area contributed by atoms with Gasteiger partial charge in [0.25, 0.3) is 0 Å². The summed E-state index contributed by atoms with van der Waals surface area (Å²) in [6, 6.07) is 3.82. The standard InChI is InChI=1S/C10H14N2O/c1-12(10(11)8-4-5-8)7-9-3-2-6-13-9/h2-3,6,8,11H,4-5,7H2,1H3. The minimum absolute atomic E-state index is 0.514. The van der Waals surface area contributed by atoms with Gasteiger partial charge in [0, 0.05) is 13.0 Å². The van der Waals surface area contributed by atoms with Crippen molar-refractivity contribution in [2.24, 2.45) is 5.92 Å². The van der Waals surface area contributed by atoms with Crippen molar-refractivity contribution in [3.8, 4) is 0 Å². The summed E-state index contributed by atoms with van der Waals surface area (Å²) in [5.74, 6) is 2.18. The van der Waals surface area contributed by atoms with Gasteiger partial charge in [-0.05, 0) is 25.0 Å². The molecule has 0 aromatic carbocycles. The molecule has 0 amide bonds. The van der Waals surface area contributed by atoms with Crippen molar-refractivity contribution in [2.75, 3.05) is 7.05 Å². The lowest BCUT2D eigenvalue weighted by atomic mass is 10.3. The van der Waals surface area contributed by atoms with Crippen LogP contribution < -0.4 is 0 Å². The molecule has 1 aromatic rings. The van der Waals surface area contributed by atoms with E-state index in [1.54, 1.807) is 6.26 Å². The first-order valence-electron chi connectivity index (χ1n) is 4.59. The molecule has 1 aromatic heterocycles. The number of hydrogen-bond acceptors (Lipinski definition) is 2. The fourth-order valence-corrected chi connectivity index (χ4v) is 1.39. The largest absolute Gasteiger partial charge is 0.467 e. The van der Waals surface area contributed by atoms with Crippen LogP contribution in [-0.4, -0.2) is 17.8 Å². The van der Waals surface area contributed by atoms with Crippen molar-refractivity contribution in [1.82, 2.24) is 4.90 Å². The zero-order chi connectivity index (χ0) is 9.26. The van der Waals surface area contributed by atoms with E-state index < -0.39 is 0 Å². The van der Waals surface area contributed by atoms with E-state index in [2.05, 4.69) is 0 Å². The number of nitrogens with one attached hydrogen (secondary N) is 1. The van der Waals surface area contributed by atoms with E-state index in [4.69, 9.17) is 9.83 Å². The lowest BCUT2D eigenvalue weighted by Crippen LogP contribution is -2.26. The molecule has 0 aliphatic heterocycles. The molecule has 1 fully saturated rings. The Labute approximate surface area is 77.9 Å². The summed E-state index contributed by atoms with van der Waals surface area (Å²) in [6.07, 6.45) is 4.03. The molecule has 1 heterocycles. The first-order chi connectivity index (χ1) is 6.27. The summed E-state index contributed by atoms with van der Waals surface area (Å²) < 4.78 is 5.22. The second kappa shape index (κ2) is 3.24. The van der Waals surface area contributed by atoms with Gasteiger partial charge in [-0.25, -0.2) is 0 Å². The molecule has 13 heavy (non-hydrogen) atoms. The average Bonchev–Trinajstić information content (AvgIpc) is 2.85. The van der Waals surface area contributed by atoms with Gasteiger partial charge in [0.05, 0.1) is 18.6 Å². The fraction of sp³-hybridized carbons (Fsp3) is 0.500. The van der Waals surface area contributed by atoms with E-state index in [1.807, 2.05) is 24.1 Å². The summed E-state index contributed by atoms with van der Waals surface area (Å²) in [6.45, 7) is 0.711. The molecule has 0 saturated heterocycles. The van der Waals surface area contributed by atoms with Crippen molar-refractivity contribution < 1.29 is 4.42 Å². The van der Waals surface area contributed by atoms with Crippen LogP contribution in [0.4, 0.5) is 0 Å². The molecule has 0 radical (unpaired) electrons. The summed E-state index contributed by atoms with van der Waals surface area (Å²) in [5.41, 5.74) is 0. The number of furan rings is 1. The van der Waals surface area contributed by atoms with Gasteiger partial charge in [-0.1, -0.05) is 0 Å². The molecule has 0 atom stereocenters. The van der Waals surface area contributed by atoms with E-state index in [-0.39, 0.29) is 0 Å². The molecular formula is C10H14N2O. The van der Waals surface area contributed by atoms with Crippen molar-refractivity contribution in [3.05, 3.63) is 24.2 Å². The minimum atomic E-state index is 0.514. The van der Waals surface area contributed by atoms with Crippen LogP contribution in [-0.2, 0) is 6.54 Å². The Hall–Kier alpha value is -1.25. The third-order valence-electron chi connectivity index (χ3n) is 2.35. The fourth-order valence-electron chi connectivity index (χ4n) is 1.39. The van der Waals surface area contributed by atoms with Crippen molar-refractivity contribution in [2.45, 2.75) is 19.4 Å². The molecule has 70 valence electrons. The summed E-state index contributed by atoms with van der Waals surface area (Å²) in [5, 5.41) is 7.80. The highest BCUT2D eigenvalue weighted by molar-refractivity contribution is 5.83. The smallest absolute Gasteiger partial charge is 0.123 e. The topological polar surface area (TPSA) is 40.2 Å². The third-order valence-corrected chi connectivity index (χ3v) is 2.35. The molecule has 0 spiro atoms. The van der Waals surface area contributed by atoms with Gasteiger partial charge in [0.1, 0.15) is 5.76 Å². The summed E-state index contributed by atoms with van der Waals surface area (Å²) >= 11 is 0. The highest BCUT2D eigenvalue weighted by atomic mass is 16.3. The van der Waals surface area contributed by atoms with Crippen molar-refractivity contribution in [3.63, 3.8) is 0 Å². The van der Waals surface area contributed by atoms with Crippen LogP contribution in [0, 0.1) is 11.3 Å². The summed E-state index contributed by atoms with van der Waals surface area (Å²) in [4.78, 5) is 1.95. The molecule has 1 saturated carbocycles. The van der Waals surface area contributed by atoms with Crippen molar-refractivity contribution >= 4 is 5.84 Å². The van der Waals surface area contributed by atoms with Crippen LogP contribution >= 0.6 is 0 Å². The SMILES string of the molecule is CN(Cc1ccco1)C(=N)C1CC1. The molecule has 0 bridgehead atoms. The van der Waals surface area contributed by atoms with E-state index in [1.165, 1.54) is 12.8 Å². The zero-order valence-corrected chi connectivity index (χ0v) is 7.79. The van der Waals surface area contributed by atoms with E-state index in [9.17, 15) is 0 Å².